The van der Waals surface area contributed by atoms with Crippen molar-refractivity contribution in [2.45, 2.75) is 46.3 Å². The van der Waals surface area contributed by atoms with E-state index in [4.69, 9.17) is 11.6 Å². The fraction of sp³-hybridized carbons (Fsp3) is 0.833. The SMILES string of the molecule is CC(C)Cn1ncnc1CN(C)C(C)(C)CCl. The maximum absolute atomic E-state index is 5.97. The summed E-state index contributed by atoms with van der Waals surface area (Å²) in [5.74, 6) is 2.17. The van der Waals surface area contributed by atoms with E-state index in [1.807, 2.05) is 4.68 Å². The molecule has 4 nitrogen and oxygen atoms in total. The average Bonchev–Trinajstić information content (AvgIpc) is 2.64. The molecule has 0 aliphatic heterocycles. The molecule has 0 bridgehead atoms. The van der Waals surface area contributed by atoms with Gasteiger partial charge in [0.25, 0.3) is 0 Å². The molecule has 1 heterocycles. The molecular weight excluding hydrogens is 236 g/mol. The van der Waals surface area contributed by atoms with E-state index in [0.29, 0.717) is 11.8 Å². The molecule has 0 N–H and O–H groups in total. The van der Waals surface area contributed by atoms with Crippen LogP contribution in [0.25, 0.3) is 0 Å². The zero-order valence-corrected chi connectivity index (χ0v) is 12.2. The van der Waals surface area contributed by atoms with Crippen molar-refractivity contribution in [3.63, 3.8) is 0 Å². The predicted molar refractivity (Wildman–Crippen MR) is 71.1 cm³/mol. The summed E-state index contributed by atoms with van der Waals surface area (Å²) >= 11 is 5.97. The lowest BCUT2D eigenvalue weighted by Crippen LogP contribution is -2.42. The van der Waals surface area contributed by atoms with E-state index in [9.17, 15) is 0 Å². The molecule has 1 aromatic rings. The monoisotopic (exact) mass is 258 g/mol. The smallest absolute Gasteiger partial charge is 0.141 e. The minimum Gasteiger partial charge on any atom is -0.293 e. The first-order valence-corrected chi connectivity index (χ1v) is 6.54. The summed E-state index contributed by atoms with van der Waals surface area (Å²) < 4.78 is 1.98. The van der Waals surface area contributed by atoms with Crippen molar-refractivity contribution in [2.24, 2.45) is 5.92 Å². The van der Waals surface area contributed by atoms with Crippen LogP contribution in [0.15, 0.2) is 6.33 Å². The van der Waals surface area contributed by atoms with Gasteiger partial charge in [-0.2, -0.15) is 5.10 Å². The molecule has 0 radical (unpaired) electrons. The maximum atomic E-state index is 5.97. The molecule has 1 aromatic heterocycles. The highest BCUT2D eigenvalue weighted by Crippen LogP contribution is 2.16. The van der Waals surface area contributed by atoms with Gasteiger partial charge in [-0.15, -0.1) is 11.6 Å². The molecule has 0 saturated heterocycles. The first-order valence-electron chi connectivity index (χ1n) is 6.00. The molecule has 0 fully saturated rings. The molecule has 0 aliphatic carbocycles. The van der Waals surface area contributed by atoms with E-state index in [1.165, 1.54) is 0 Å². The van der Waals surface area contributed by atoms with Gasteiger partial charge in [-0.05, 0) is 26.8 Å². The van der Waals surface area contributed by atoms with Gasteiger partial charge in [0.1, 0.15) is 12.2 Å². The summed E-state index contributed by atoms with van der Waals surface area (Å²) in [6.07, 6.45) is 1.62. The number of halogens is 1. The van der Waals surface area contributed by atoms with Crippen LogP contribution in [0, 0.1) is 5.92 Å². The predicted octanol–water partition coefficient (Wildman–Crippen LogP) is 2.38. The van der Waals surface area contributed by atoms with Crippen molar-refractivity contribution in [1.29, 1.82) is 0 Å². The van der Waals surface area contributed by atoms with E-state index in [-0.39, 0.29) is 5.54 Å². The minimum atomic E-state index is -0.0316. The number of hydrogen-bond acceptors (Lipinski definition) is 3. The molecule has 0 unspecified atom stereocenters. The van der Waals surface area contributed by atoms with Crippen LogP contribution in [0.3, 0.4) is 0 Å². The Morgan fingerprint density at radius 2 is 2.12 bits per heavy atom. The minimum absolute atomic E-state index is 0.0316. The molecule has 98 valence electrons. The maximum Gasteiger partial charge on any atom is 0.141 e. The Balaban J connectivity index is 2.72. The van der Waals surface area contributed by atoms with Crippen LogP contribution in [0.2, 0.25) is 0 Å². The molecule has 0 aliphatic rings. The van der Waals surface area contributed by atoms with E-state index >= 15 is 0 Å². The molecular formula is C12H23ClN4. The van der Waals surface area contributed by atoms with Gasteiger partial charge in [0.05, 0.1) is 6.54 Å². The summed E-state index contributed by atoms with van der Waals surface area (Å²) in [6.45, 7) is 10.3. The van der Waals surface area contributed by atoms with Crippen molar-refractivity contribution in [1.82, 2.24) is 19.7 Å². The second-order valence-electron chi connectivity index (χ2n) is 5.55. The van der Waals surface area contributed by atoms with Gasteiger partial charge in [0.2, 0.25) is 0 Å². The van der Waals surface area contributed by atoms with Gasteiger partial charge in [0.15, 0.2) is 0 Å². The lowest BCUT2D eigenvalue weighted by atomic mass is 10.1. The molecule has 5 heteroatoms. The Bertz CT molecular complexity index is 346. The Morgan fingerprint density at radius 1 is 1.47 bits per heavy atom. The highest BCUT2D eigenvalue weighted by atomic mass is 35.5. The molecule has 17 heavy (non-hydrogen) atoms. The van der Waals surface area contributed by atoms with Crippen LogP contribution >= 0.6 is 11.6 Å². The van der Waals surface area contributed by atoms with Crippen LogP contribution < -0.4 is 0 Å². The van der Waals surface area contributed by atoms with Gasteiger partial charge in [0, 0.05) is 18.0 Å². The Hall–Kier alpha value is -0.610. The van der Waals surface area contributed by atoms with Gasteiger partial charge in [-0.3, -0.25) is 4.90 Å². The summed E-state index contributed by atoms with van der Waals surface area (Å²) in [7, 11) is 2.07. The molecule has 0 spiro atoms. The van der Waals surface area contributed by atoms with E-state index in [1.54, 1.807) is 6.33 Å². The van der Waals surface area contributed by atoms with Crippen molar-refractivity contribution < 1.29 is 0 Å². The third kappa shape index (κ3) is 3.96. The van der Waals surface area contributed by atoms with Crippen molar-refractivity contribution >= 4 is 11.6 Å². The first kappa shape index (κ1) is 14.5. The van der Waals surface area contributed by atoms with Gasteiger partial charge in [-0.1, -0.05) is 13.8 Å². The standard InChI is InChI=1S/C12H23ClN4/c1-10(2)6-17-11(14-9-15-17)7-16(5)12(3,4)8-13/h9-10H,6-8H2,1-5H3. The van der Waals surface area contributed by atoms with Gasteiger partial charge in [-0.25, -0.2) is 9.67 Å². The molecule has 0 amide bonds. The number of hydrogen-bond donors (Lipinski definition) is 0. The van der Waals surface area contributed by atoms with Crippen LogP contribution in [0.5, 0.6) is 0 Å². The zero-order chi connectivity index (χ0) is 13.1. The Kier molecular flexibility index (Phi) is 4.95. The third-order valence-corrected chi connectivity index (χ3v) is 3.63. The highest BCUT2D eigenvalue weighted by Gasteiger charge is 2.23. The van der Waals surface area contributed by atoms with E-state index in [0.717, 1.165) is 18.9 Å². The first-order chi connectivity index (χ1) is 7.86. The zero-order valence-electron chi connectivity index (χ0n) is 11.4. The third-order valence-electron chi connectivity index (χ3n) is 2.97. The summed E-state index contributed by atoms with van der Waals surface area (Å²) in [6, 6.07) is 0. The number of alkyl halides is 1. The average molecular weight is 259 g/mol. The van der Waals surface area contributed by atoms with Crippen molar-refractivity contribution in [3.8, 4) is 0 Å². The molecule has 1 rings (SSSR count). The molecule has 0 atom stereocenters. The molecule has 0 saturated carbocycles. The van der Waals surface area contributed by atoms with Gasteiger partial charge >= 0.3 is 0 Å². The summed E-state index contributed by atoms with van der Waals surface area (Å²) in [5, 5.41) is 4.26. The van der Waals surface area contributed by atoms with Gasteiger partial charge < -0.3 is 0 Å². The summed E-state index contributed by atoms with van der Waals surface area (Å²) in [4.78, 5) is 6.53. The molecule has 0 aromatic carbocycles. The quantitative estimate of drug-likeness (QED) is 0.735. The van der Waals surface area contributed by atoms with E-state index in [2.05, 4.69) is 49.7 Å². The van der Waals surface area contributed by atoms with Crippen molar-refractivity contribution in [2.75, 3.05) is 12.9 Å². The largest absolute Gasteiger partial charge is 0.293 e. The second-order valence-corrected chi connectivity index (χ2v) is 5.82. The fourth-order valence-corrected chi connectivity index (χ4v) is 1.64. The lowest BCUT2D eigenvalue weighted by Gasteiger charge is -2.33. The topological polar surface area (TPSA) is 34.0 Å². The van der Waals surface area contributed by atoms with E-state index < -0.39 is 0 Å². The van der Waals surface area contributed by atoms with Crippen LogP contribution in [0.1, 0.15) is 33.5 Å². The lowest BCUT2D eigenvalue weighted by molar-refractivity contribution is 0.163. The van der Waals surface area contributed by atoms with Crippen molar-refractivity contribution in [3.05, 3.63) is 12.2 Å². The van der Waals surface area contributed by atoms with Crippen LogP contribution in [-0.2, 0) is 13.1 Å². The number of aromatic nitrogens is 3. The summed E-state index contributed by atoms with van der Waals surface area (Å²) in [5.41, 5.74) is -0.0316. The van der Waals surface area contributed by atoms with Crippen LogP contribution in [0.4, 0.5) is 0 Å². The normalized spacial score (nSPS) is 12.7. The number of nitrogens with zero attached hydrogens (tertiary/aromatic N) is 4. The second kappa shape index (κ2) is 5.83. The Morgan fingerprint density at radius 3 is 2.65 bits per heavy atom. The highest BCUT2D eigenvalue weighted by molar-refractivity contribution is 6.18. The fourth-order valence-electron chi connectivity index (χ4n) is 1.44. The number of rotatable bonds is 6. The van der Waals surface area contributed by atoms with Crippen LogP contribution in [-0.4, -0.2) is 38.1 Å². The Labute approximate surface area is 109 Å².